The second kappa shape index (κ2) is 9.32. The number of halogens is 2. The summed E-state index contributed by atoms with van der Waals surface area (Å²) in [6, 6.07) is 3.30. The van der Waals surface area contributed by atoms with Crippen LogP contribution < -0.4 is 4.74 Å². The van der Waals surface area contributed by atoms with Gasteiger partial charge >= 0.3 is 0 Å². The van der Waals surface area contributed by atoms with E-state index >= 15 is 0 Å². The molecule has 4 heteroatoms. The molecule has 0 bridgehead atoms. The molecule has 4 unspecified atom stereocenters. The standard InChI is InChI=1S/C25H36F2O2/c1-3-29-21-11-10-19-14-18(8-9-20(19)15-21)16-4-6-17(7-5-16)22-12-13-23(28-2)25(27)24(22)26/h12-13,16-21H,3-11,14-15H2,1-2H3. The number of benzene rings is 1. The van der Waals surface area contributed by atoms with Crippen LogP contribution in [-0.2, 0) is 4.74 Å². The smallest absolute Gasteiger partial charge is 0.200 e. The Morgan fingerprint density at radius 1 is 0.793 bits per heavy atom. The Kier molecular flexibility index (Phi) is 6.78. The van der Waals surface area contributed by atoms with Crippen LogP contribution in [0.15, 0.2) is 12.1 Å². The van der Waals surface area contributed by atoms with Crippen LogP contribution >= 0.6 is 0 Å². The Morgan fingerprint density at radius 2 is 1.41 bits per heavy atom. The van der Waals surface area contributed by atoms with E-state index in [0.717, 1.165) is 56.0 Å². The molecule has 2 nitrogen and oxygen atoms in total. The molecule has 0 aliphatic heterocycles. The summed E-state index contributed by atoms with van der Waals surface area (Å²) >= 11 is 0. The van der Waals surface area contributed by atoms with Crippen molar-refractivity contribution < 1.29 is 18.3 Å². The lowest BCUT2D eigenvalue weighted by Gasteiger charge is -2.45. The van der Waals surface area contributed by atoms with Gasteiger partial charge in [0, 0.05) is 6.61 Å². The first-order chi connectivity index (χ1) is 14.1. The first kappa shape index (κ1) is 21.1. The highest BCUT2D eigenvalue weighted by Crippen LogP contribution is 2.49. The summed E-state index contributed by atoms with van der Waals surface area (Å²) in [6.07, 6.45) is 12.7. The van der Waals surface area contributed by atoms with Gasteiger partial charge in [-0.25, -0.2) is 4.39 Å². The van der Waals surface area contributed by atoms with Crippen LogP contribution in [0.4, 0.5) is 8.78 Å². The van der Waals surface area contributed by atoms with Gasteiger partial charge < -0.3 is 9.47 Å². The quantitative estimate of drug-likeness (QED) is 0.531. The maximum atomic E-state index is 14.5. The molecule has 0 N–H and O–H groups in total. The topological polar surface area (TPSA) is 18.5 Å². The summed E-state index contributed by atoms with van der Waals surface area (Å²) in [5.74, 6) is 1.94. The van der Waals surface area contributed by atoms with Gasteiger partial charge in [0.2, 0.25) is 5.82 Å². The first-order valence-electron chi connectivity index (χ1n) is 11.7. The van der Waals surface area contributed by atoms with E-state index in [1.54, 1.807) is 12.1 Å². The number of hydrogen-bond donors (Lipinski definition) is 0. The number of rotatable bonds is 5. The zero-order valence-corrected chi connectivity index (χ0v) is 18.0. The molecule has 4 atom stereocenters. The molecule has 0 spiro atoms. The summed E-state index contributed by atoms with van der Waals surface area (Å²) in [5, 5.41) is 0. The maximum Gasteiger partial charge on any atom is 0.200 e. The predicted octanol–water partition coefficient (Wildman–Crippen LogP) is 6.87. The minimum Gasteiger partial charge on any atom is -0.494 e. The Labute approximate surface area is 174 Å². The summed E-state index contributed by atoms with van der Waals surface area (Å²) in [7, 11) is 1.38. The SMILES string of the molecule is CCOC1CCC2CC(C3CCC(c4ccc(OC)c(F)c4F)CC3)CCC2C1. The lowest BCUT2D eigenvalue weighted by Crippen LogP contribution is -2.36. The Balaban J connectivity index is 1.31. The summed E-state index contributed by atoms with van der Waals surface area (Å²) in [6.45, 7) is 2.94. The zero-order chi connectivity index (χ0) is 20.4. The number of methoxy groups -OCH3 is 1. The van der Waals surface area contributed by atoms with Crippen molar-refractivity contribution in [3.05, 3.63) is 29.3 Å². The van der Waals surface area contributed by atoms with Crippen molar-refractivity contribution in [2.45, 2.75) is 83.2 Å². The Bertz CT molecular complexity index is 684. The molecular formula is C25H36F2O2. The van der Waals surface area contributed by atoms with Gasteiger partial charge in [-0.15, -0.1) is 0 Å². The van der Waals surface area contributed by atoms with Gasteiger partial charge in [-0.2, -0.15) is 4.39 Å². The van der Waals surface area contributed by atoms with E-state index in [1.165, 1.54) is 45.6 Å². The molecule has 3 saturated carbocycles. The highest BCUT2D eigenvalue weighted by Gasteiger charge is 2.39. The van der Waals surface area contributed by atoms with Gasteiger partial charge in [-0.3, -0.25) is 0 Å². The van der Waals surface area contributed by atoms with Crippen molar-refractivity contribution in [2.75, 3.05) is 13.7 Å². The largest absolute Gasteiger partial charge is 0.494 e. The molecule has 162 valence electrons. The second-order valence-electron chi connectivity index (χ2n) is 9.58. The van der Waals surface area contributed by atoms with E-state index in [4.69, 9.17) is 9.47 Å². The lowest BCUT2D eigenvalue weighted by atomic mass is 9.62. The fourth-order valence-corrected chi connectivity index (χ4v) is 6.62. The molecule has 3 aliphatic rings. The molecule has 0 amide bonds. The van der Waals surface area contributed by atoms with Crippen LogP contribution in [0.25, 0.3) is 0 Å². The summed E-state index contributed by atoms with van der Waals surface area (Å²) in [4.78, 5) is 0. The van der Waals surface area contributed by atoms with Crippen molar-refractivity contribution in [3.8, 4) is 5.75 Å². The van der Waals surface area contributed by atoms with Crippen LogP contribution in [0.5, 0.6) is 5.75 Å². The van der Waals surface area contributed by atoms with Gasteiger partial charge in [0.05, 0.1) is 13.2 Å². The number of ether oxygens (including phenoxy) is 2. The van der Waals surface area contributed by atoms with Crippen LogP contribution in [0.3, 0.4) is 0 Å². The molecule has 0 saturated heterocycles. The van der Waals surface area contributed by atoms with Gasteiger partial charge in [-0.1, -0.05) is 6.07 Å². The van der Waals surface area contributed by atoms with Crippen molar-refractivity contribution in [1.82, 2.24) is 0 Å². The van der Waals surface area contributed by atoms with Gasteiger partial charge in [0.15, 0.2) is 11.6 Å². The fraction of sp³-hybridized carbons (Fsp3) is 0.760. The monoisotopic (exact) mass is 406 g/mol. The molecule has 3 aliphatic carbocycles. The molecule has 4 rings (SSSR count). The van der Waals surface area contributed by atoms with Crippen molar-refractivity contribution in [3.63, 3.8) is 0 Å². The van der Waals surface area contributed by atoms with Crippen LogP contribution in [-0.4, -0.2) is 19.8 Å². The minimum atomic E-state index is -0.840. The fourth-order valence-electron chi connectivity index (χ4n) is 6.62. The van der Waals surface area contributed by atoms with Crippen molar-refractivity contribution in [1.29, 1.82) is 0 Å². The zero-order valence-electron chi connectivity index (χ0n) is 18.0. The third-order valence-electron chi connectivity index (χ3n) is 8.18. The van der Waals surface area contributed by atoms with Gasteiger partial charge in [0.1, 0.15) is 0 Å². The second-order valence-corrected chi connectivity index (χ2v) is 9.58. The van der Waals surface area contributed by atoms with E-state index in [2.05, 4.69) is 6.92 Å². The third-order valence-corrected chi connectivity index (χ3v) is 8.18. The molecule has 1 aromatic carbocycles. The summed E-state index contributed by atoms with van der Waals surface area (Å²) in [5.41, 5.74) is 0.541. The lowest BCUT2D eigenvalue weighted by molar-refractivity contribution is -0.0205. The molecular weight excluding hydrogens is 370 g/mol. The molecule has 1 aromatic rings. The van der Waals surface area contributed by atoms with Crippen LogP contribution in [0.1, 0.15) is 82.6 Å². The Morgan fingerprint density at radius 3 is 2.10 bits per heavy atom. The number of fused-ring (bicyclic) bond motifs is 1. The summed E-state index contributed by atoms with van der Waals surface area (Å²) < 4.78 is 39.4. The minimum absolute atomic E-state index is 0.00393. The highest BCUT2D eigenvalue weighted by molar-refractivity contribution is 5.33. The van der Waals surface area contributed by atoms with E-state index in [0.29, 0.717) is 11.7 Å². The van der Waals surface area contributed by atoms with E-state index in [1.807, 2.05) is 0 Å². The van der Waals surface area contributed by atoms with Crippen molar-refractivity contribution >= 4 is 0 Å². The maximum absolute atomic E-state index is 14.5. The van der Waals surface area contributed by atoms with Gasteiger partial charge in [-0.05, 0) is 112 Å². The van der Waals surface area contributed by atoms with Crippen LogP contribution in [0, 0.1) is 35.3 Å². The number of hydrogen-bond acceptors (Lipinski definition) is 2. The van der Waals surface area contributed by atoms with Crippen LogP contribution in [0.2, 0.25) is 0 Å². The average Bonchev–Trinajstić information content (AvgIpc) is 2.76. The van der Waals surface area contributed by atoms with E-state index < -0.39 is 11.6 Å². The highest BCUT2D eigenvalue weighted by atomic mass is 19.2. The third kappa shape index (κ3) is 4.47. The Hall–Kier alpha value is -1.16. The van der Waals surface area contributed by atoms with E-state index in [9.17, 15) is 8.78 Å². The predicted molar refractivity (Wildman–Crippen MR) is 111 cm³/mol. The van der Waals surface area contributed by atoms with Gasteiger partial charge in [0.25, 0.3) is 0 Å². The average molecular weight is 407 g/mol. The molecule has 3 fully saturated rings. The molecule has 0 aromatic heterocycles. The normalized spacial score (nSPS) is 35.2. The van der Waals surface area contributed by atoms with Crippen molar-refractivity contribution in [2.24, 2.45) is 23.7 Å². The first-order valence-corrected chi connectivity index (χ1v) is 11.7. The molecule has 29 heavy (non-hydrogen) atoms. The molecule has 0 radical (unpaired) electrons. The molecule has 0 heterocycles. The van der Waals surface area contributed by atoms with E-state index in [-0.39, 0.29) is 11.7 Å².